The molecular weight excluding hydrogens is 228 g/mol. The lowest BCUT2D eigenvalue weighted by Crippen LogP contribution is -1.95. The van der Waals surface area contributed by atoms with Crippen LogP contribution in [0.1, 0.15) is 12.5 Å². The Hall–Kier alpha value is -2.29. The van der Waals surface area contributed by atoms with Crippen LogP contribution in [0.25, 0.3) is 16.5 Å². The molecular formula is C15H14O3. The van der Waals surface area contributed by atoms with Crippen molar-refractivity contribution >= 4 is 22.3 Å². The molecule has 2 aromatic carbocycles. The van der Waals surface area contributed by atoms with Crippen LogP contribution in [0.3, 0.4) is 0 Å². The van der Waals surface area contributed by atoms with Gasteiger partial charge in [-0.15, -0.1) is 0 Å². The lowest BCUT2D eigenvalue weighted by atomic mass is 10.0. The summed E-state index contributed by atoms with van der Waals surface area (Å²) >= 11 is 0. The van der Waals surface area contributed by atoms with Crippen molar-refractivity contribution in [1.82, 2.24) is 0 Å². The topological polar surface area (TPSA) is 46.5 Å². The summed E-state index contributed by atoms with van der Waals surface area (Å²) in [5.41, 5.74) is 0.547. The van der Waals surface area contributed by atoms with Crippen molar-refractivity contribution in [2.24, 2.45) is 0 Å². The first-order valence-electron chi connectivity index (χ1n) is 5.61. The van der Waals surface area contributed by atoms with Crippen LogP contribution in [0.2, 0.25) is 0 Å². The maximum absolute atomic E-state index is 11.1. The Balaban J connectivity index is 2.76. The molecule has 0 aromatic heterocycles. The summed E-state index contributed by atoms with van der Waals surface area (Å²) in [5, 5.41) is 11.9. The predicted molar refractivity (Wildman–Crippen MR) is 71.8 cm³/mol. The first-order valence-corrected chi connectivity index (χ1v) is 5.61. The number of methoxy groups -OCH3 is 1. The number of benzene rings is 2. The van der Waals surface area contributed by atoms with Gasteiger partial charge in [-0.1, -0.05) is 30.3 Å². The van der Waals surface area contributed by atoms with E-state index in [1.165, 1.54) is 20.1 Å². The van der Waals surface area contributed by atoms with Gasteiger partial charge in [-0.2, -0.15) is 0 Å². The Kier molecular flexibility index (Phi) is 3.33. The number of rotatable bonds is 3. The van der Waals surface area contributed by atoms with Gasteiger partial charge >= 0.3 is 0 Å². The molecule has 18 heavy (non-hydrogen) atoms. The van der Waals surface area contributed by atoms with E-state index in [9.17, 15) is 9.90 Å². The van der Waals surface area contributed by atoms with E-state index < -0.39 is 0 Å². The van der Waals surface area contributed by atoms with Gasteiger partial charge in [-0.05, 0) is 23.8 Å². The van der Waals surface area contributed by atoms with E-state index in [2.05, 4.69) is 0 Å². The van der Waals surface area contributed by atoms with E-state index in [1.54, 1.807) is 6.07 Å². The molecule has 2 rings (SSSR count). The number of carbonyl (C=O) groups is 1. The third-order valence-electron chi connectivity index (χ3n) is 2.71. The van der Waals surface area contributed by atoms with Gasteiger partial charge in [0.2, 0.25) is 0 Å². The molecule has 0 fully saturated rings. The third kappa shape index (κ3) is 2.20. The van der Waals surface area contributed by atoms with E-state index in [4.69, 9.17) is 4.74 Å². The quantitative estimate of drug-likeness (QED) is 0.663. The minimum atomic E-state index is -0.206. The molecule has 1 N–H and O–H groups in total. The summed E-state index contributed by atoms with van der Waals surface area (Å²) in [6.45, 7) is 1.40. The smallest absolute Gasteiger partial charge is 0.156 e. The highest BCUT2D eigenvalue weighted by Gasteiger charge is 2.12. The SMILES string of the molecule is COc1ccc2ccccc2c1/C(O)=C/C(C)=O. The molecule has 0 atom stereocenters. The van der Waals surface area contributed by atoms with Crippen molar-refractivity contribution in [2.75, 3.05) is 7.11 Å². The zero-order valence-electron chi connectivity index (χ0n) is 10.3. The van der Waals surface area contributed by atoms with E-state index in [-0.39, 0.29) is 11.5 Å². The Bertz CT molecular complexity index is 627. The molecule has 0 unspecified atom stereocenters. The lowest BCUT2D eigenvalue weighted by molar-refractivity contribution is -0.112. The fourth-order valence-electron chi connectivity index (χ4n) is 1.95. The number of hydrogen-bond acceptors (Lipinski definition) is 3. The van der Waals surface area contributed by atoms with Gasteiger partial charge in [-0.3, -0.25) is 4.79 Å². The summed E-state index contributed by atoms with van der Waals surface area (Å²) in [6.07, 6.45) is 1.20. The average molecular weight is 242 g/mol. The van der Waals surface area contributed by atoms with Gasteiger partial charge in [0.25, 0.3) is 0 Å². The first-order chi connectivity index (χ1) is 8.63. The standard InChI is InChI=1S/C15H14O3/c1-10(16)9-13(17)15-12-6-4-3-5-11(12)7-8-14(15)18-2/h3-9,17H,1-2H3/b13-9-. The fourth-order valence-corrected chi connectivity index (χ4v) is 1.95. The van der Waals surface area contributed by atoms with Crippen molar-refractivity contribution in [3.05, 3.63) is 48.0 Å². The van der Waals surface area contributed by atoms with Crippen LogP contribution in [0.5, 0.6) is 5.75 Å². The molecule has 92 valence electrons. The maximum atomic E-state index is 11.1. The summed E-state index contributed by atoms with van der Waals surface area (Å²) in [7, 11) is 1.54. The molecule has 0 heterocycles. The molecule has 0 spiro atoms. The highest BCUT2D eigenvalue weighted by molar-refractivity contribution is 6.00. The highest BCUT2D eigenvalue weighted by Crippen LogP contribution is 2.32. The lowest BCUT2D eigenvalue weighted by Gasteiger charge is -2.11. The van der Waals surface area contributed by atoms with E-state index in [0.717, 1.165) is 10.8 Å². The second-order valence-electron chi connectivity index (χ2n) is 4.00. The predicted octanol–water partition coefficient (Wildman–Crippen LogP) is 3.34. The summed E-state index contributed by atoms with van der Waals surface area (Å²) in [5.74, 6) is 0.266. The molecule has 3 nitrogen and oxygen atoms in total. The highest BCUT2D eigenvalue weighted by atomic mass is 16.5. The monoisotopic (exact) mass is 242 g/mol. The number of carbonyl (C=O) groups excluding carboxylic acids is 1. The molecule has 0 aliphatic rings. The Morgan fingerprint density at radius 1 is 1.22 bits per heavy atom. The number of aliphatic hydroxyl groups excluding tert-OH is 1. The van der Waals surface area contributed by atoms with Gasteiger partial charge in [0.05, 0.1) is 12.7 Å². The second kappa shape index (κ2) is 4.92. The largest absolute Gasteiger partial charge is 0.507 e. The van der Waals surface area contributed by atoms with Crippen LogP contribution in [0.4, 0.5) is 0 Å². The molecule has 0 amide bonds. The van der Waals surface area contributed by atoms with Crippen LogP contribution in [0.15, 0.2) is 42.5 Å². The number of ketones is 1. The van der Waals surface area contributed by atoms with Crippen molar-refractivity contribution in [3.63, 3.8) is 0 Å². The molecule has 0 bridgehead atoms. The van der Waals surface area contributed by atoms with Crippen molar-refractivity contribution in [2.45, 2.75) is 6.92 Å². The molecule has 0 saturated heterocycles. The third-order valence-corrected chi connectivity index (χ3v) is 2.71. The normalized spacial score (nSPS) is 11.6. The van der Waals surface area contributed by atoms with Gasteiger partial charge in [0.1, 0.15) is 11.5 Å². The van der Waals surface area contributed by atoms with E-state index >= 15 is 0 Å². The average Bonchev–Trinajstić information content (AvgIpc) is 2.36. The van der Waals surface area contributed by atoms with E-state index in [0.29, 0.717) is 11.3 Å². The van der Waals surface area contributed by atoms with Crippen LogP contribution >= 0.6 is 0 Å². The number of aliphatic hydroxyl groups is 1. The molecule has 0 aliphatic carbocycles. The maximum Gasteiger partial charge on any atom is 0.156 e. The van der Waals surface area contributed by atoms with Crippen LogP contribution in [-0.2, 0) is 4.79 Å². The van der Waals surface area contributed by atoms with Gasteiger partial charge in [0, 0.05) is 6.08 Å². The van der Waals surface area contributed by atoms with Crippen molar-refractivity contribution in [1.29, 1.82) is 0 Å². The molecule has 0 aliphatic heterocycles. The van der Waals surface area contributed by atoms with Crippen LogP contribution < -0.4 is 4.74 Å². The van der Waals surface area contributed by atoms with Crippen LogP contribution in [0, 0.1) is 0 Å². The van der Waals surface area contributed by atoms with Gasteiger partial charge < -0.3 is 9.84 Å². The summed E-state index contributed by atoms with van der Waals surface area (Å²) in [4.78, 5) is 11.1. The van der Waals surface area contributed by atoms with Crippen LogP contribution in [-0.4, -0.2) is 18.0 Å². The van der Waals surface area contributed by atoms with Gasteiger partial charge in [-0.25, -0.2) is 0 Å². The summed E-state index contributed by atoms with van der Waals surface area (Å²) < 4.78 is 5.24. The van der Waals surface area contributed by atoms with Crippen molar-refractivity contribution in [3.8, 4) is 5.75 Å². The number of ether oxygens (including phenoxy) is 1. The number of fused-ring (bicyclic) bond motifs is 1. The molecule has 2 aromatic rings. The minimum absolute atomic E-state index is 0.0730. The first kappa shape index (κ1) is 12.2. The summed E-state index contributed by atoms with van der Waals surface area (Å²) in [6, 6.07) is 11.3. The number of hydrogen-bond donors (Lipinski definition) is 1. The van der Waals surface area contributed by atoms with Gasteiger partial charge in [0.15, 0.2) is 5.78 Å². The minimum Gasteiger partial charge on any atom is -0.507 e. The Morgan fingerprint density at radius 3 is 2.61 bits per heavy atom. The van der Waals surface area contributed by atoms with E-state index in [1.807, 2.05) is 30.3 Å². The number of allylic oxidation sites excluding steroid dienone is 1. The zero-order chi connectivity index (χ0) is 13.1. The molecule has 3 heteroatoms. The second-order valence-corrected chi connectivity index (χ2v) is 4.00. The zero-order valence-corrected chi connectivity index (χ0v) is 10.3. The van der Waals surface area contributed by atoms with Crippen molar-refractivity contribution < 1.29 is 14.6 Å². The molecule has 0 radical (unpaired) electrons. The Labute approximate surface area is 105 Å². The molecule has 0 saturated carbocycles. The Morgan fingerprint density at radius 2 is 1.94 bits per heavy atom. The fraction of sp³-hybridized carbons (Fsp3) is 0.133.